The number of benzene rings is 3. The van der Waals surface area contributed by atoms with Gasteiger partial charge in [0.05, 0.1) is 17.8 Å². The molecule has 0 aliphatic carbocycles. The standard InChI is InChI=1S/C19H11F3INO2/c20-19(21,22)17-13-9-12(23)6-5-10(13)7-15(18(17)26)24-14-4-2-1-3-11(14)8-16(24)25/h1-7,9,26H,8H2. The van der Waals surface area contributed by atoms with Gasteiger partial charge in [0.15, 0.2) is 5.75 Å². The number of halogens is 4. The summed E-state index contributed by atoms with van der Waals surface area (Å²) in [6.07, 6.45) is -4.67. The summed E-state index contributed by atoms with van der Waals surface area (Å²) >= 11 is 1.92. The Labute approximate surface area is 160 Å². The normalized spacial score (nSPS) is 14.2. The Morgan fingerprint density at radius 1 is 1.04 bits per heavy atom. The van der Waals surface area contributed by atoms with E-state index in [1.54, 1.807) is 36.4 Å². The zero-order chi connectivity index (χ0) is 18.6. The van der Waals surface area contributed by atoms with Crippen LogP contribution in [0.4, 0.5) is 24.5 Å². The minimum Gasteiger partial charge on any atom is -0.505 e. The van der Waals surface area contributed by atoms with Crippen LogP contribution in [0.15, 0.2) is 48.5 Å². The van der Waals surface area contributed by atoms with Crippen molar-refractivity contribution < 1.29 is 23.1 Å². The summed E-state index contributed by atoms with van der Waals surface area (Å²) in [7, 11) is 0. The second-order valence-corrected chi connectivity index (χ2v) is 7.26. The van der Waals surface area contributed by atoms with Gasteiger partial charge in [-0.2, -0.15) is 13.2 Å². The molecular formula is C19H11F3INO2. The fourth-order valence-corrected chi connectivity index (χ4v) is 3.81. The monoisotopic (exact) mass is 469 g/mol. The number of carbonyl (C=O) groups excluding carboxylic acids is 1. The molecule has 1 amide bonds. The number of phenols is 1. The van der Waals surface area contributed by atoms with Gasteiger partial charge in [-0.1, -0.05) is 24.3 Å². The van der Waals surface area contributed by atoms with Crippen molar-refractivity contribution in [2.45, 2.75) is 12.6 Å². The molecule has 4 rings (SSSR count). The molecule has 0 atom stereocenters. The minimum absolute atomic E-state index is 0.0850. The van der Waals surface area contributed by atoms with Gasteiger partial charge in [-0.25, -0.2) is 0 Å². The van der Waals surface area contributed by atoms with Gasteiger partial charge in [0.25, 0.3) is 0 Å². The number of nitrogens with zero attached hydrogens (tertiary/aromatic N) is 1. The Balaban J connectivity index is 2.05. The van der Waals surface area contributed by atoms with Crippen LogP contribution in [0.5, 0.6) is 5.75 Å². The third-order valence-corrected chi connectivity index (χ3v) is 5.08. The highest BCUT2D eigenvalue weighted by molar-refractivity contribution is 14.1. The van der Waals surface area contributed by atoms with E-state index in [1.165, 1.54) is 12.1 Å². The number of alkyl halides is 3. The number of carbonyl (C=O) groups is 1. The molecule has 1 aliphatic heterocycles. The molecule has 1 aliphatic rings. The molecule has 7 heteroatoms. The van der Waals surface area contributed by atoms with Gasteiger partial charge in [0.2, 0.25) is 5.91 Å². The summed E-state index contributed by atoms with van der Waals surface area (Å²) in [5, 5.41) is 10.7. The van der Waals surface area contributed by atoms with Gasteiger partial charge in [0.1, 0.15) is 5.56 Å². The average Bonchev–Trinajstić information content (AvgIpc) is 2.89. The van der Waals surface area contributed by atoms with Crippen LogP contribution < -0.4 is 4.90 Å². The molecule has 1 N–H and O–H groups in total. The van der Waals surface area contributed by atoms with Crippen molar-refractivity contribution in [3.8, 4) is 5.75 Å². The van der Waals surface area contributed by atoms with E-state index in [2.05, 4.69) is 0 Å². The molecular weight excluding hydrogens is 458 g/mol. The Morgan fingerprint density at radius 2 is 1.77 bits per heavy atom. The van der Waals surface area contributed by atoms with Gasteiger partial charge >= 0.3 is 6.18 Å². The van der Waals surface area contributed by atoms with Gasteiger partial charge in [-0.05, 0) is 63.2 Å². The molecule has 1 heterocycles. The van der Waals surface area contributed by atoms with Gasteiger partial charge in [-0.3, -0.25) is 9.69 Å². The number of hydrogen-bond acceptors (Lipinski definition) is 2. The number of rotatable bonds is 1. The first kappa shape index (κ1) is 17.1. The van der Waals surface area contributed by atoms with Crippen molar-refractivity contribution in [3.63, 3.8) is 0 Å². The average molecular weight is 469 g/mol. The van der Waals surface area contributed by atoms with Crippen LogP contribution in [0, 0.1) is 3.57 Å². The number of fused-ring (bicyclic) bond motifs is 2. The van der Waals surface area contributed by atoms with E-state index in [1.807, 2.05) is 22.6 Å². The topological polar surface area (TPSA) is 40.5 Å². The largest absolute Gasteiger partial charge is 0.505 e. The van der Waals surface area contributed by atoms with Crippen LogP contribution in [-0.4, -0.2) is 11.0 Å². The summed E-state index contributed by atoms with van der Waals surface area (Å²) in [5.41, 5.74) is -0.0689. The van der Waals surface area contributed by atoms with Crippen LogP contribution in [0.1, 0.15) is 11.1 Å². The lowest BCUT2D eigenvalue weighted by molar-refractivity contribution is -0.137. The molecule has 26 heavy (non-hydrogen) atoms. The highest BCUT2D eigenvalue weighted by Crippen LogP contribution is 2.49. The molecule has 0 aromatic heterocycles. The highest BCUT2D eigenvalue weighted by Gasteiger charge is 2.40. The van der Waals surface area contributed by atoms with Crippen molar-refractivity contribution in [1.29, 1.82) is 0 Å². The molecule has 3 aromatic rings. The van der Waals surface area contributed by atoms with E-state index < -0.39 is 17.5 Å². The Bertz CT molecular complexity index is 1060. The lowest BCUT2D eigenvalue weighted by atomic mass is 10.0. The van der Waals surface area contributed by atoms with Crippen molar-refractivity contribution in [2.75, 3.05) is 4.90 Å². The number of amides is 1. The van der Waals surface area contributed by atoms with Crippen molar-refractivity contribution in [1.82, 2.24) is 0 Å². The molecule has 0 saturated heterocycles. The molecule has 0 saturated carbocycles. The number of hydrogen-bond donors (Lipinski definition) is 1. The maximum Gasteiger partial charge on any atom is 0.420 e. The summed E-state index contributed by atoms with van der Waals surface area (Å²) in [5.74, 6) is -1.31. The van der Waals surface area contributed by atoms with Crippen LogP contribution in [0.3, 0.4) is 0 Å². The molecule has 132 valence electrons. The molecule has 0 unspecified atom stereocenters. The number of para-hydroxylation sites is 1. The van der Waals surface area contributed by atoms with Crippen molar-refractivity contribution >= 4 is 50.6 Å². The fourth-order valence-electron chi connectivity index (χ4n) is 3.32. The first-order valence-electron chi connectivity index (χ1n) is 7.70. The number of phenolic OH excluding ortho intramolecular Hbond substituents is 1. The second kappa shape index (κ2) is 5.87. The second-order valence-electron chi connectivity index (χ2n) is 6.02. The number of aromatic hydroxyl groups is 1. The van der Waals surface area contributed by atoms with E-state index in [0.29, 0.717) is 20.2 Å². The maximum absolute atomic E-state index is 13.7. The summed E-state index contributed by atoms with van der Waals surface area (Å²) < 4.78 is 41.7. The lowest BCUT2D eigenvalue weighted by Crippen LogP contribution is -2.22. The maximum atomic E-state index is 13.7. The van der Waals surface area contributed by atoms with Crippen molar-refractivity contribution in [2.24, 2.45) is 0 Å². The van der Waals surface area contributed by atoms with E-state index in [-0.39, 0.29) is 23.4 Å². The summed E-state index contributed by atoms with van der Waals surface area (Å²) in [4.78, 5) is 13.6. The van der Waals surface area contributed by atoms with Gasteiger partial charge in [-0.15, -0.1) is 0 Å². The predicted octanol–water partition coefficient (Wildman–Crippen LogP) is 5.39. The zero-order valence-corrected chi connectivity index (χ0v) is 15.3. The van der Waals surface area contributed by atoms with Gasteiger partial charge in [0, 0.05) is 3.57 Å². The quantitative estimate of drug-likeness (QED) is 0.486. The van der Waals surface area contributed by atoms with Gasteiger partial charge < -0.3 is 5.11 Å². The molecule has 3 nitrogen and oxygen atoms in total. The van der Waals surface area contributed by atoms with E-state index in [9.17, 15) is 23.1 Å². The molecule has 0 spiro atoms. The predicted molar refractivity (Wildman–Crippen MR) is 101 cm³/mol. The molecule has 0 bridgehead atoms. The van der Waals surface area contributed by atoms with Crippen molar-refractivity contribution in [3.05, 3.63) is 63.2 Å². The van der Waals surface area contributed by atoms with E-state index >= 15 is 0 Å². The Morgan fingerprint density at radius 3 is 2.50 bits per heavy atom. The zero-order valence-electron chi connectivity index (χ0n) is 13.1. The third-order valence-electron chi connectivity index (χ3n) is 4.40. The minimum atomic E-state index is -4.76. The first-order valence-corrected chi connectivity index (χ1v) is 8.78. The fraction of sp³-hybridized carbons (Fsp3) is 0.105. The molecule has 0 fully saturated rings. The van der Waals surface area contributed by atoms with Crippen LogP contribution >= 0.6 is 22.6 Å². The summed E-state index contributed by atoms with van der Waals surface area (Å²) in [6.45, 7) is 0. The van der Waals surface area contributed by atoms with Crippen LogP contribution in [-0.2, 0) is 17.4 Å². The third kappa shape index (κ3) is 2.61. The van der Waals surface area contributed by atoms with Crippen LogP contribution in [0.25, 0.3) is 10.8 Å². The summed E-state index contributed by atoms with van der Waals surface area (Å²) in [6, 6.07) is 12.9. The Hall–Kier alpha value is -2.29. The SMILES string of the molecule is O=C1Cc2ccccc2N1c1cc2ccc(I)cc2c(C(F)(F)F)c1O. The molecule has 0 radical (unpaired) electrons. The lowest BCUT2D eigenvalue weighted by Gasteiger charge is -2.23. The van der Waals surface area contributed by atoms with E-state index in [4.69, 9.17) is 0 Å². The number of anilines is 2. The first-order chi connectivity index (χ1) is 12.3. The molecule has 3 aromatic carbocycles. The van der Waals surface area contributed by atoms with E-state index in [0.717, 1.165) is 4.90 Å². The Kier molecular flexibility index (Phi) is 3.87. The smallest absolute Gasteiger partial charge is 0.420 e. The van der Waals surface area contributed by atoms with Crippen LogP contribution in [0.2, 0.25) is 0 Å². The highest BCUT2D eigenvalue weighted by atomic mass is 127.